The molecular weight excluding hydrogens is 360 g/mol. The lowest BCUT2D eigenvalue weighted by molar-refractivity contribution is -0.133. The third kappa shape index (κ3) is 5.24. The van der Waals surface area contributed by atoms with Gasteiger partial charge in [-0.25, -0.2) is 4.98 Å². The zero-order chi connectivity index (χ0) is 19.1. The Hall–Kier alpha value is -2.99. The molecule has 27 heavy (non-hydrogen) atoms. The number of benzene rings is 2. The number of thioether (sulfide) groups is 1. The molecule has 0 spiro atoms. The smallest absolute Gasteiger partial charge is 0.313 e. The van der Waals surface area contributed by atoms with Crippen molar-refractivity contribution in [2.75, 3.05) is 18.2 Å². The Morgan fingerprint density at radius 3 is 2.52 bits per heavy atom. The van der Waals surface area contributed by atoms with Crippen LogP contribution in [0, 0.1) is 0 Å². The van der Waals surface area contributed by atoms with Crippen molar-refractivity contribution in [3.63, 3.8) is 0 Å². The van der Waals surface area contributed by atoms with Crippen LogP contribution in [0.3, 0.4) is 0 Å². The number of carboxylic acids is 1. The molecule has 0 aliphatic heterocycles. The lowest BCUT2D eigenvalue weighted by atomic mass is 10.1. The van der Waals surface area contributed by atoms with Gasteiger partial charge >= 0.3 is 5.97 Å². The first-order valence-corrected chi connectivity index (χ1v) is 9.41. The van der Waals surface area contributed by atoms with Crippen LogP contribution in [0.4, 0.5) is 5.69 Å². The monoisotopic (exact) mass is 380 g/mol. The molecule has 0 radical (unpaired) electrons. The number of hydrogen-bond donors (Lipinski definition) is 2. The summed E-state index contributed by atoms with van der Waals surface area (Å²) in [6.45, 7) is 0.568. The molecule has 6 heteroatoms. The number of aliphatic carboxylic acids is 1. The number of nitrogens with zero attached hydrogens (tertiary/aromatic N) is 1. The third-order valence-corrected chi connectivity index (χ3v) is 4.92. The molecular formula is C21H20N2O3S. The molecule has 0 saturated carbocycles. The van der Waals surface area contributed by atoms with E-state index in [2.05, 4.69) is 16.4 Å². The number of aromatic nitrogens is 1. The van der Waals surface area contributed by atoms with Crippen molar-refractivity contribution in [1.82, 2.24) is 4.98 Å². The molecule has 138 valence electrons. The van der Waals surface area contributed by atoms with Crippen LogP contribution >= 0.6 is 11.8 Å². The van der Waals surface area contributed by atoms with Crippen molar-refractivity contribution in [1.29, 1.82) is 0 Å². The van der Waals surface area contributed by atoms with E-state index in [0.717, 1.165) is 27.3 Å². The largest absolute Gasteiger partial charge is 0.481 e. The highest BCUT2D eigenvalue weighted by molar-refractivity contribution is 8.00. The maximum Gasteiger partial charge on any atom is 0.313 e. The van der Waals surface area contributed by atoms with Crippen LogP contribution in [0.1, 0.15) is 5.56 Å². The fourth-order valence-corrected chi connectivity index (χ4v) is 3.23. The first kappa shape index (κ1) is 18.8. The maximum atomic E-state index is 10.6. The van der Waals surface area contributed by atoms with Crippen LogP contribution in [-0.4, -0.2) is 28.9 Å². The standard InChI is InChI=1S/C21H20N2O3S/c1-26-21-17(11-16(12-23-21)15-5-3-2-4-6-15)13-22-18-7-9-19(10-8-18)27-14-20(24)25/h2-12,22H,13-14H2,1H3,(H,24,25). The number of carboxylic acid groups (broad SMARTS) is 1. The number of nitrogens with one attached hydrogen (secondary N) is 1. The van der Waals surface area contributed by atoms with Crippen molar-refractivity contribution in [2.45, 2.75) is 11.4 Å². The second-order valence-corrected chi connectivity index (χ2v) is 6.87. The molecule has 0 fully saturated rings. The highest BCUT2D eigenvalue weighted by atomic mass is 32.2. The second-order valence-electron chi connectivity index (χ2n) is 5.82. The lowest BCUT2D eigenvalue weighted by Crippen LogP contribution is -2.03. The van der Waals surface area contributed by atoms with Crippen LogP contribution in [0.25, 0.3) is 11.1 Å². The first-order valence-electron chi connectivity index (χ1n) is 8.42. The van der Waals surface area contributed by atoms with Gasteiger partial charge in [0.05, 0.1) is 12.9 Å². The number of carbonyl (C=O) groups is 1. The maximum absolute atomic E-state index is 10.6. The van der Waals surface area contributed by atoms with Gasteiger partial charge in [-0.15, -0.1) is 11.8 Å². The zero-order valence-corrected chi connectivity index (χ0v) is 15.7. The summed E-state index contributed by atoms with van der Waals surface area (Å²) in [7, 11) is 1.61. The second kappa shape index (κ2) is 9.09. The van der Waals surface area contributed by atoms with Crippen molar-refractivity contribution in [3.05, 3.63) is 72.4 Å². The Kier molecular flexibility index (Phi) is 6.33. The highest BCUT2D eigenvalue weighted by Gasteiger charge is 2.08. The zero-order valence-electron chi connectivity index (χ0n) is 14.9. The van der Waals surface area contributed by atoms with Crippen molar-refractivity contribution >= 4 is 23.4 Å². The van der Waals surface area contributed by atoms with E-state index in [1.165, 1.54) is 11.8 Å². The van der Waals surface area contributed by atoms with E-state index in [-0.39, 0.29) is 5.75 Å². The van der Waals surface area contributed by atoms with Crippen molar-refractivity contribution in [2.24, 2.45) is 0 Å². The molecule has 5 nitrogen and oxygen atoms in total. The fraction of sp³-hybridized carbons (Fsp3) is 0.143. The minimum atomic E-state index is -0.819. The summed E-state index contributed by atoms with van der Waals surface area (Å²) < 4.78 is 5.39. The van der Waals surface area contributed by atoms with Crippen molar-refractivity contribution in [3.8, 4) is 17.0 Å². The fourth-order valence-electron chi connectivity index (χ4n) is 2.61. The van der Waals surface area contributed by atoms with Crippen LogP contribution in [-0.2, 0) is 11.3 Å². The summed E-state index contributed by atoms with van der Waals surface area (Å²) in [6, 6.07) is 19.9. The van der Waals surface area contributed by atoms with E-state index in [9.17, 15) is 4.79 Å². The minimum Gasteiger partial charge on any atom is -0.481 e. The Labute approximate surface area is 162 Å². The number of hydrogen-bond acceptors (Lipinski definition) is 5. The average Bonchev–Trinajstić information content (AvgIpc) is 2.72. The van der Waals surface area contributed by atoms with Crippen LogP contribution in [0.2, 0.25) is 0 Å². The predicted molar refractivity (Wildman–Crippen MR) is 108 cm³/mol. The van der Waals surface area contributed by atoms with Gasteiger partial charge in [0.15, 0.2) is 0 Å². The van der Waals surface area contributed by atoms with Gasteiger partial charge in [0, 0.05) is 34.5 Å². The van der Waals surface area contributed by atoms with E-state index >= 15 is 0 Å². The average molecular weight is 380 g/mol. The summed E-state index contributed by atoms with van der Waals surface area (Å²) in [5, 5.41) is 12.1. The van der Waals surface area contributed by atoms with Crippen molar-refractivity contribution < 1.29 is 14.6 Å². The lowest BCUT2D eigenvalue weighted by Gasteiger charge is -2.12. The van der Waals surface area contributed by atoms with Gasteiger partial charge in [0.25, 0.3) is 0 Å². The number of anilines is 1. The summed E-state index contributed by atoms with van der Waals surface area (Å²) in [5.74, 6) is -0.169. The number of methoxy groups -OCH3 is 1. The van der Waals surface area contributed by atoms with Gasteiger partial charge in [-0.3, -0.25) is 4.79 Å². The summed E-state index contributed by atoms with van der Waals surface area (Å²) in [4.78, 5) is 16.0. The topological polar surface area (TPSA) is 71.5 Å². The third-order valence-electron chi connectivity index (χ3n) is 3.93. The van der Waals surface area contributed by atoms with E-state index < -0.39 is 5.97 Å². The van der Waals surface area contributed by atoms with Crippen LogP contribution in [0.5, 0.6) is 5.88 Å². The van der Waals surface area contributed by atoms with Gasteiger partial charge in [0.2, 0.25) is 5.88 Å². The van der Waals surface area contributed by atoms with Gasteiger partial charge in [-0.2, -0.15) is 0 Å². The Balaban J connectivity index is 1.70. The predicted octanol–water partition coefficient (Wildman–Crippen LogP) is 4.55. The minimum absolute atomic E-state index is 0.0575. The molecule has 3 rings (SSSR count). The SMILES string of the molecule is COc1ncc(-c2ccccc2)cc1CNc1ccc(SCC(=O)O)cc1. The van der Waals surface area contributed by atoms with Gasteiger partial charge in [-0.05, 0) is 35.9 Å². The number of rotatable bonds is 8. The summed E-state index contributed by atoms with van der Waals surface area (Å²) in [5.41, 5.74) is 4.05. The normalized spacial score (nSPS) is 10.4. The number of ether oxygens (including phenoxy) is 1. The van der Waals surface area contributed by atoms with E-state index in [1.54, 1.807) is 7.11 Å². The van der Waals surface area contributed by atoms with Crippen LogP contribution in [0.15, 0.2) is 71.8 Å². The van der Waals surface area contributed by atoms with E-state index in [1.807, 2.05) is 60.8 Å². The molecule has 0 saturated heterocycles. The Morgan fingerprint density at radius 1 is 1.11 bits per heavy atom. The molecule has 2 N–H and O–H groups in total. The number of pyridine rings is 1. The molecule has 0 amide bonds. The highest BCUT2D eigenvalue weighted by Crippen LogP contribution is 2.25. The van der Waals surface area contributed by atoms with Crippen LogP contribution < -0.4 is 10.1 Å². The first-order chi connectivity index (χ1) is 13.2. The molecule has 0 bridgehead atoms. The summed E-state index contributed by atoms with van der Waals surface area (Å²) in [6.07, 6.45) is 1.81. The van der Waals surface area contributed by atoms with Gasteiger partial charge in [-0.1, -0.05) is 30.3 Å². The van der Waals surface area contributed by atoms with E-state index in [0.29, 0.717) is 12.4 Å². The molecule has 1 aromatic heterocycles. The molecule has 3 aromatic rings. The van der Waals surface area contributed by atoms with Gasteiger partial charge < -0.3 is 15.2 Å². The molecule has 0 aliphatic rings. The quantitative estimate of drug-likeness (QED) is 0.559. The Morgan fingerprint density at radius 2 is 1.85 bits per heavy atom. The van der Waals surface area contributed by atoms with E-state index in [4.69, 9.17) is 9.84 Å². The van der Waals surface area contributed by atoms with Gasteiger partial charge in [0.1, 0.15) is 0 Å². The summed E-state index contributed by atoms with van der Waals surface area (Å²) >= 11 is 1.30. The molecule has 2 aromatic carbocycles. The molecule has 1 heterocycles. The Bertz CT molecular complexity index is 899. The molecule has 0 unspecified atom stereocenters. The molecule has 0 atom stereocenters. The molecule has 0 aliphatic carbocycles.